The Morgan fingerprint density at radius 2 is 2.00 bits per heavy atom. The SMILES string of the molecule is O=C(NCc1ccc(OCc2ccccn2)cc1)C1CC12CCNCC2. The van der Waals surface area contributed by atoms with Crippen molar-refractivity contribution in [2.45, 2.75) is 32.4 Å². The van der Waals surface area contributed by atoms with Crippen LogP contribution < -0.4 is 15.4 Å². The summed E-state index contributed by atoms with van der Waals surface area (Å²) in [7, 11) is 0. The van der Waals surface area contributed by atoms with Crippen molar-refractivity contribution in [3.63, 3.8) is 0 Å². The smallest absolute Gasteiger partial charge is 0.223 e. The van der Waals surface area contributed by atoms with E-state index in [-0.39, 0.29) is 11.8 Å². The Hall–Kier alpha value is -2.40. The fourth-order valence-electron chi connectivity index (χ4n) is 3.85. The Morgan fingerprint density at radius 1 is 1.19 bits per heavy atom. The summed E-state index contributed by atoms with van der Waals surface area (Å²) in [6, 6.07) is 13.7. The zero-order chi connectivity index (χ0) is 17.8. The van der Waals surface area contributed by atoms with Gasteiger partial charge in [-0.3, -0.25) is 9.78 Å². The van der Waals surface area contributed by atoms with Gasteiger partial charge in [0.1, 0.15) is 12.4 Å². The highest BCUT2D eigenvalue weighted by molar-refractivity contribution is 5.82. The summed E-state index contributed by atoms with van der Waals surface area (Å²) in [4.78, 5) is 16.7. The van der Waals surface area contributed by atoms with E-state index >= 15 is 0 Å². The number of benzene rings is 1. The van der Waals surface area contributed by atoms with Gasteiger partial charge in [-0.15, -0.1) is 0 Å². The zero-order valence-electron chi connectivity index (χ0n) is 14.9. The number of nitrogens with one attached hydrogen (secondary N) is 2. The van der Waals surface area contributed by atoms with Gasteiger partial charge < -0.3 is 15.4 Å². The van der Waals surface area contributed by atoms with Crippen LogP contribution in [0.3, 0.4) is 0 Å². The summed E-state index contributed by atoms with van der Waals surface area (Å²) >= 11 is 0. The van der Waals surface area contributed by atoms with Crippen molar-refractivity contribution >= 4 is 5.91 Å². The molecular weight excluding hydrogens is 326 g/mol. The van der Waals surface area contributed by atoms with E-state index in [2.05, 4.69) is 15.6 Å². The number of carbonyl (C=O) groups is 1. The number of ether oxygens (including phenoxy) is 1. The van der Waals surface area contributed by atoms with Gasteiger partial charge >= 0.3 is 0 Å². The first-order chi connectivity index (χ1) is 12.8. The van der Waals surface area contributed by atoms with Crippen LogP contribution in [0.1, 0.15) is 30.5 Å². The molecule has 1 atom stereocenters. The van der Waals surface area contributed by atoms with Crippen molar-refractivity contribution in [2.75, 3.05) is 13.1 Å². The van der Waals surface area contributed by atoms with E-state index in [9.17, 15) is 4.79 Å². The van der Waals surface area contributed by atoms with Crippen LogP contribution in [0.5, 0.6) is 5.75 Å². The van der Waals surface area contributed by atoms with Gasteiger partial charge in [0.25, 0.3) is 0 Å². The fourth-order valence-corrected chi connectivity index (χ4v) is 3.85. The van der Waals surface area contributed by atoms with E-state index in [1.807, 2.05) is 42.5 Å². The fraction of sp³-hybridized carbons (Fsp3) is 0.429. The highest BCUT2D eigenvalue weighted by Crippen LogP contribution is 2.58. The summed E-state index contributed by atoms with van der Waals surface area (Å²) in [5, 5.41) is 6.48. The van der Waals surface area contributed by atoms with Gasteiger partial charge in [0.05, 0.1) is 5.69 Å². The minimum Gasteiger partial charge on any atom is -0.487 e. The van der Waals surface area contributed by atoms with Crippen LogP contribution in [0.15, 0.2) is 48.7 Å². The molecule has 5 heteroatoms. The number of amides is 1. The molecule has 1 saturated carbocycles. The molecule has 2 fully saturated rings. The first-order valence-electron chi connectivity index (χ1n) is 9.35. The lowest BCUT2D eigenvalue weighted by Crippen LogP contribution is -2.33. The van der Waals surface area contributed by atoms with E-state index < -0.39 is 0 Å². The number of piperidine rings is 1. The van der Waals surface area contributed by atoms with Crippen LogP contribution in [0.25, 0.3) is 0 Å². The Kier molecular flexibility index (Phi) is 4.89. The lowest BCUT2D eigenvalue weighted by molar-refractivity contribution is -0.123. The van der Waals surface area contributed by atoms with Gasteiger partial charge in [-0.1, -0.05) is 18.2 Å². The van der Waals surface area contributed by atoms with Crippen LogP contribution in [-0.4, -0.2) is 24.0 Å². The number of rotatable bonds is 6. The summed E-state index contributed by atoms with van der Waals surface area (Å²) in [6.07, 6.45) is 5.08. The highest BCUT2D eigenvalue weighted by Gasteiger charge is 2.57. The molecule has 5 nitrogen and oxygen atoms in total. The number of carbonyl (C=O) groups excluding carboxylic acids is 1. The van der Waals surface area contributed by atoms with E-state index in [1.165, 1.54) is 0 Å². The molecule has 2 heterocycles. The standard InChI is InChI=1S/C21H25N3O2/c25-20(19-13-21(19)8-11-22-12-9-21)24-14-16-4-6-18(7-5-16)26-15-17-3-1-2-10-23-17/h1-7,10,19,22H,8-9,11-15H2,(H,24,25). The molecule has 1 aromatic heterocycles. The van der Waals surface area contributed by atoms with Crippen molar-refractivity contribution < 1.29 is 9.53 Å². The monoisotopic (exact) mass is 351 g/mol. The number of pyridine rings is 1. The number of nitrogens with zero attached hydrogens (tertiary/aromatic N) is 1. The summed E-state index contributed by atoms with van der Waals surface area (Å²) in [5.41, 5.74) is 2.28. The van der Waals surface area contributed by atoms with E-state index in [0.29, 0.717) is 18.6 Å². The molecule has 1 saturated heterocycles. The second-order valence-corrected chi connectivity index (χ2v) is 7.34. The maximum atomic E-state index is 12.4. The Bertz CT molecular complexity index is 740. The number of hydrogen-bond donors (Lipinski definition) is 2. The Morgan fingerprint density at radius 3 is 2.73 bits per heavy atom. The first kappa shape index (κ1) is 17.0. The van der Waals surface area contributed by atoms with Crippen LogP contribution >= 0.6 is 0 Å². The molecule has 2 aromatic rings. The normalized spacial score (nSPS) is 20.5. The topological polar surface area (TPSA) is 63.2 Å². The zero-order valence-corrected chi connectivity index (χ0v) is 14.9. The molecule has 1 unspecified atom stereocenters. The van der Waals surface area contributed by atoms with Crippen molar-refractivity contribution in [3.05, 3.63) is 59.9 Å². The molecule has 0 bridgehead atoms. The number of aromatic nitrogens is 1. The minimum atomic E-state index is 0.211. The van der Waals surface area contributed by atoms with Gasteiger partial charge in [0, 0.05) is 18.7 Å². The van der Waals surface area contributed by atoms with E-state index in [0.717, 1.165) is 49.4 Å². The summed E-state index contributed by atoms with van der Waals surface area (Å²) in [5.74, 6) is 1.23. The molecule has 1 aromatic carbocycles. The van der Waals surface area contributed by atoms with Crippen LogP contribution in [0, 0.1) is 11.3 Å². The molecule has 2 N–H and O–H groups in total. The molecule has 2 aliphatic rings. The van der Waals surface area contributed by atoms with Crippen molar-refractivity contribution in [3.8, 4) is 5.75 Å². The summed E-state index contributed by atoms with van der Waals surface area (Å²) in [6.45, 7) is 3.12. The third-order valence-corrected chi connectivity index (χ3v) is 5.61. The third-order valence-electron chi connectivity index (χ3n) is 5.61. The van der Waals surface area contributed by atoms with Crippen LogP contribution in [-0.2, 0) is 17.9 Å². The second-order valence-electron chi connectivity index (χ2n) is 7.34. The van der Waals surface area contributed by atoms with Gasteiger partial charge in [0.2, 0.25) is 5.91 Å². The van der Waals surface area contributed by atoms with Crippen molar-refractivity contribution in [1.82, 2.24) is 15.6 Å². The molecule has 0 radical (unpaired) electrons. The Labute approximate surface area is 154 Å². The molecule has 4 rings (SSSR count). The lowest BCUT2D eigenvalue weighted by Gasteiger charge is -2.23. The van der Waals surface area contributed by atoms with E-state index in [4.69, 9.17) is 4.74 Å². The molecular formula is C21H25N3O2. The predicted octanol–water partition coefficient (Wildman–Crippen LogP) is 2.67. The minimum absolute atomic E-state index is 0.211. The molecule has 136 valence electrons. The van der Waals surface area contributed by atoms with Gasteiger partial charge in [0.15, 0.2) is 0 Å². The van der Waals surface area contributed by atoms with Gasteiger partial charge in [-0.25, -0.2) is 0 Å². The maximum absolute atomic E-state index is 12.4. The Balaban J connectivity index is 1.23. The average Bonchev–Trinajstić information content (AvgIpc) is 3.39. The average molecular weight is 351 g/mol. The third kappa shape index (κ3) is 3.88. The molecule has 1 aliphatic carbocycles. The van der Waals surface area contributed by atoms with Crippen molar-refractivity contribution in [2.24, 2.45) is 11.3 Å². The van der Waals surface area contributed by atoms with Crippen molar-refractivity contribution in [1.29, 1.82) is 0 Å². The second kappa shape index (κ2) is 7.46. The highest BCUT2D eigenvalue weighted by atomic mass is 16.5. The molecule has 1 spiro atoms. The lowest BCUT2D eigenvalue weighted by atomic mass is 9.92. The maximum Gasteiger partial charge on any atom is 0.223 e. The predicted molar refractivity (Wildman–Crippen MR) is 99.5 cm³/mol. The van der Waals surface area contributed by atoms with Crippen LogP contribution in [0.2, 0.25) is 0 Å². The molecule has 1 aliphatic heterocycles. The van der Waals surface area contributed by atoms with E-state index in [1.54, 1.807) is 6.20 Å². The quantitative estimate of drug-likeness (QED) is 0.840. The van der Waals surface area contributed by atoms with Gasteiger partial charge in [-0.2, -0.15) is 0 Å². The first-order valence-corrected chi connectivity index (χ1v) is 9.35. The van der Waals surface area contributed by atoms with Crippen LogP contribution in [0.4, 0.5) is 0 Å². The largest absolute Gasteiger partial charge is 0.487 e. The number of hydrogen-bond acceptors (Lipinski definition) is 4. The molecule has 26 heavy (non-hydrogen) atoms. The summed E-state index contributed by atoms with van der Waals surface area (Å²) < 4.78 is 5.74. The molecule has 1 amide bonds. The van der Waals surface area contributed by atoms with Gasteiger partial charge in [-0.05, 0) is 67.6 Å².